The second kappa shape index (κ2) is 7.54. The zero-order valence-corrected chi connectivity index (χ0v) is 17.1. The summed E-state index contributed by atoms with van der Waals surface area (Å²) in [7, 11) is 0. The molecule has 0 amide bonds. The molecule has 27 heavy (non-hydrogen) atoms. The molecule has 1 atom stereocenters. The number of H-pyrrole nitrogens is 1. The van der Waals surface area contributed by atoms with E-state index >= 15 is 0 Å². The number of benzene rings is 1. The number of rotatable bonds is 4. The fraction of sp³-hybridized carbons (Fsp3) is 0.429. The summed E-state index contributed by atoms with van der Waals surface area (Å²) >= 11 is 1.63. The number of aromatic amines is 1. The fourth-order valence-electron chi connectivity index (χ4n) is 4.09. The topological polar surface area (TPSA) is 54.6 Å². The lowest BCUT2D eigenvalue weighted by Gasteiger charge is -2.32. The van der Waals surface area contributed by atoms with Gasteiger partial charge in [0.05, 0.1) is 5.39 Å². The van der Waals surface area contributed by atoms with E-state index in [0.29, 0.717) is 0 Å². The summed E-state index contributed by atoms with van der Waals surface area (Å²) in [5.74, 6) is 0.829. The lowest BCUT2D eigenvalue weighted by Crippen LogP contribution is -3.27. The molecule has 0 radical (unpaired) electrons. The van der Waals surface area contributed by atoms with E-state index in [1.165, 1.54) is 15.3 Å². The van der Waals surface area contributed by atoms with Crippen LogP contribution in [0.2, 0.25) is 0 Å². The monoisotopic (exact) mass is 384 g/mol. The van der Waals surface area contributed by atoms with Gasteiger partial charge >= 0.3 is 0 Å². The lowest BCUT2D eigenvalue weighted by molar-refractivity contribution is -1.03. The summed E-state index contributed by atoms with van der Waals surface area (Å²) in [5, 5.41) is 0.764. The average Bonchev–Trinajstić information content (AvgIpc) is 2.97. The van der Waals surface area contributed by atoms with Gasteiger partial charge in [0.1, 0.15) is 43.6 Å². The lowest BCUT2D eigenvalue weighted by atomic mass is 10.1. The average molecular weight is 385 g/mol. The molecule has 142 valence electrons. The Bertz CT molecular complexity index is 987. The van der Waals surface area contributed by atoms with Crippen molar-refractivity contribution in [3.8, 4) is 0 Å². The second-order valence-electron chi connectivity index (χ2n) is 7.71. The van der Waals surface area contributed by atoms with Crippen LogP contribution in [-0.2, 0) is 6.54 Å². The number of hydrogen-bond donors (Lipinski definition) is 3. The molecule has 1 aromatic carbocycles. The molecule has 0 unspecified atom stereocenters. The first-order valence-corrected chi connectivity index (χ1v) is 10.6. The SMILES string of the molecule is Cc1sc2nc([C@@H](C)[NH+]3CC[NH+](Cc4ccccc4)CC3)[nH]c(=O)c2c1C. The number of nitrogens with zero attached hydrogens (tertiary/aromatic N) is 1. The minimum atomic E-state index is 0.0106. The minimum absolute atomic E-state index is 0.0106. The van der Waals surface area contributed by atoms with E-state index in [4.69, 9.17) is 4.98 Å². The van der Waals surface area contributed by atoms with Gasteiger partial charge in [0.25, 0.3) is 5.56 Å². The Labute approximate surface area is 163 Å². The van der Waals surface area contributed by atoms with Crippen molar-refractivity contribution >= 4 is 21.6 Å². The molecule has 1 saturated heterocycles. The third-order valence-corrected chi connectivity index (χ3v) is 7.08. The molecule has 4 rings (SSSR count). The summed E-state index contributed by atoms with van der Waals surface area (Å²) in [5.41, 5.74) is 2.48. The molecule has 1 fully saturated rings. The van der Waals surface area contributed by atoms with Crippen molar-refractivity contribution < 1.29 is 9.80 Å². The van der Waals surface area contributed by atoms with Gasteiger partial charge in [-0.1, -0.05) is 30.3 Å². The van der Waals surface area contributed by atoms with Crippen LogP contribution in [0.25, 0.3) is 10.2 Å². The molecule has 3 aromatic rings. The van der Waals surface area contributed by atoms with Gasteiger partial charge in [0.15, 0.2) is 5.82 Å². The van der Waals surface area contributed by atoms with Crippen molar-refractivity contribution in [3.05, 3.63) is 62.5 Å². The molecular formula is C21H28N4OS+2. The number of piperazine rings is 1. The first-order chi connectivity index (χ1) is 13.0. The van der Waals surface area contributed by atoms with E-state index in [0.717, 1.165) is 54.3 Å². The third kappa shape index (κ3) is 3.70. The number of quaternary nitrogens is 2. The first kappa shape index (κ1) is 18.3. The summed E-state index contributed by atoms with van der Waals surface area (Å²) < 4.78 is 0. The number of aromatic nitrogens is 2. The van der Waals surface area contributed by atoms with Crippen LogP contribution in [0.5, 0.6) is 0 Å². The standard InChI is InChI=1S/C21H26N4OS/c1-14-16(3)27-21-18(14)20(26)22-19(23-21)15(2)25-11-9-24(10-12-25)13-17-7-5-4-6-8-17/h4-8,15H,9-13H2,1-3H3,(H,22,23,26)/p+2/t15-/m1/s1. The van der Waals surface area contributed by atoms with E-state index in [1.54, 1.807) is 16.2 Å². The second-order valence-corrected chi connectivity index (χ2v) is 8.91. The van der Waals surface area contributed by atoms with Crippen molar-refractivity contribution in [2.75, 3.05) is 26.2 Å². The third-order valence-electron chi connectivity index (χ3n) is 5.98. The van der Waals surface area contributed by atoms with Gasteiger partial charge in [0, 0.05) is 10.4 Å². The molecule has 0 bridgehead atoms. The highest BCUT2D eigenvalue weighted by molar-refractivity contribution is 7.18. The predicted octanol–water partition coefficient (Wildman–Crippen LogP) is 0.646. The zero-order valence-electron chi connectivity index (χ0n) is 16.3. The summed E-state index contributed by atoms with van der Waals surface area (Å²) in [6, 6.07) is 10.9. The smallest absolute Gasteiger partial charge is 0.260 e. The molecule has 3 heterocycles. The van der Waals surface area contributed by atoms with E-state index < -0.39 is 0 Å². The number of thiophene rings is 1. The molecule has 5 nitrogen and oxygen atoms in total. The Morgan fingerprint density at radius 2 is 1.85 bits per heavy atom. The molecule has 2 aromatic heterocycles. The maximum atomic E-state index is 12.6. The van der Waals surface area contributed by atoms with Crippen molar-refractivity contribution in [2.24, 2.45) is 0 Å². The van der Waals surface area contributed by atoms with Gasteiger partial charge in [-0.05, 0) is 26.3 Å². The van der Waals surface area contributed by atoms with Crippen LogP contribution < -0.4 is 15.4 Å². The maximum Gasteiger partial charge on any atom is 0.260 e. The molecule has 0 spiro atoms. The van der Waals surface area contributed by atoms with Crippen LogP contribution in [0.15, 0.2) is 35.1 Å². The van der Waals surface area contributed by atoms with Crippen LogP contribution in [0.4, 0.5) is 0 Å². The molecule has 0 saturated carbocycles. The van der Waals surface area contributed by atoms with Gasteiger partial charge in [-0.15, -0.1) is 11.3 Å². The predicted molar refractivity (Wildman–Crippen MR) is 110 cm³/mol. The van der Waals surface area contributed by atoms with E-state index in [-0.39, 0.29) is 11.6 Å². The van der Waals surface area contributed by atoms with E-state index in [2.05, 4.69) is 49.2 Å². The van der Waals surface area contributed by atoms with Gasteiger partial charge in [-0.25, -0.2) is 4.98 Å². The number of hydrogen-bond acceptors (Lipinski definition) is 3. The molecule has 1 aliphatic rings. The van der Waals surface area contributed by atoms with Crippen LogP contribution >= 0.6 is 11.3 Å². The Balaban J connectivity index is 1.45. The summed E-state index contributed by atoms with van der Waals surface area (Å²) in [4.78, 5) is 25.7. The van der Waals surface area contributed by atoms with E-state index in [9.17, 15) is 4.79 Å². The highest BCUT2D eigenvalue weighted by Gasteiger charge is 2.29. The van der Waals surface area contributed by atoms with Gasteiger partial charge < -0.3 is 14.8 Å². The Morgan fingerprint density at radius 1 is 1.15 bits per heavy atom. The summed E-state index contributed by atoms with van der Waals surface area (Å²) in [6.07, 6.45) is 0. The van der Waals surface area contributed by atoms with Crippen molar-refractivity contribution in [2.45, 2.75) is 33.4 Å². The van der Waals surface area contributed by atoms with Crippen LogP contribution in [0.3, 0.4) is 0 Å². The Kier molecular flexibility index (Phi) is 5.12. The van der Waals surface area contributed by atoms with E-state index in [1.807, 2.05) is 6.92 Å². The molecular weight excluding hydrogens is 356 g/mol. The Hall–Kier alpha value is -2.02. The number of aryl methyl sites for hydroxylation is 2. The first-order valence-electron chi connectivity index (χ1n) is 9.75. The number of fused-ring (bicyclic) bond motifs is 1. The number of nitrogens with one attached hydrogen (secondary N) is 3. The van der Waals surface area contributed by atoms with Gasteiger partial charge in [-0.3, -0.25) is 4.79 Å². The maximum absolute atomic E-state index is 12.6. The van der Waals surface area contributed by atoms with Crippen molar-refractivity contribution in [1.82, 2.24) is 9.97 Å². The van der Waals surface area contributed by atoms with Crippen LogP contribution in [0.1, 0.15) is 34.8 Å². The normalized spacial score (nSPS) is 21.4. The van der Waals surface area contributed by atoms with Crippen molar-refractivity contribution in [3.63, 3.8) is 0 Å². The van der Waals surface area contributed by atoms with Gasteiger partial charge in [0.2, 0.25) is 0 Å². The molecule has 0 aliphatic carbocycles. The highest BCUT2D eigenvalue weighted by atomic mass is 32.1. The van der Waals surface area contributed by atoms with Gasteiger partial charge in [-0.2, -0.15) is 0 Å². The largest absolute Gasteiger partial charge is 0.322 e. The zero-order chi connectivity index (χ0) is 19.0. The molecule has 6 heteroatoms. The summed E-state index contributed by atoms with van der Waals surface area (Å²) in [6.45, 7) is 11.9. The quantitative estimate of drug-likeness (QED) is 0.619. The highest BCUT2D eigenvalue weighted by Crippen LogP contribution is 2.26. The van der Waals surface area contributed by atoms with Crippen LogP contribution in [-0.4, -0.2) is 36.1 Å². The van der Waals surface area contributed by atoms with Crippen molar-refractivity contribution in [1.29, 1.82) is 0 Å². The van der Waals surface area contributed by atoms with Crippen LogP contribution in [0, 0.1) is 13.8 Å². The Morgan fingerprint density at radius 3 is 2.56 bits per heavy atom. The molecule has 1 aliphatic heterocycles. The molecule has 3 N–H and O–H groups in total. The minimum Gasteiger partial charge on any atom is -0.322 e. The fourth-order valence-corrected chi connectivity index (χ4v) is 5.13.